The topological polar surface area (TPSA) is 40.4 Å². The highest BCUT2D eigenvalue weighted by Crippen LogP contribution is 2.70. The minimum absolute atomic E-state index is 0.0509. The zero-order chi connectivity index (χ0) is 9.32. The molecular weight excluding hydrogens is 160 g/mol. The quantitative estimate of drug-likeness (QED) is 0.580. The van der Waals surface area contributed by atoms with Gasteiger partial charge in [0, 0.05) is 17.3 Å². The highest BCUT2D eigenvalue weighted by atomic mass is 15.1. The van der Waals surface area contributed by atoms with Gasteiger partial charge in [-0.05, 0) is 18.8 Å². The predicted molar refractivity (Wildman–Crippen MR) is 48.7 cm³/mol. The van der Waals surface area contributed by atoms with E-state index in [1.165, 1.54) is 19.4 Å². The molecule has 0 aromatic carbocycles. The molecule has 0 spiro atoms. The third kappa shape index (κ3) is 0.518. The second kappa shape index (κ2) is 1.79. The second-order valence-electron chi connectivity index (χ2n) is 5.68. The third-order valence-corrected chi connectivity index (χ3v) is 5.78. The van der Waals surface area contributed by atoms with Crippen molar-refractivity contribution in [3.8, 4) is 6.07 Å². The zero-order valence-corrected chi connectivity index (χ0v) is 8.43. The summed E-state index contributed by atoms with van der Waals surface area (Å²) in [5, 5.41) is 11.7. The highest BCUT2D eigenvalue weighted by molar-refractivity contribution is 5.28. The molecule has 1 heterocycles. The van der Waals surface area contributed by atoms with Gasteiger partial charge in [-0.15, -0.1) is 0 Å². The van der Waals surface area contributed by atoms with Crippen LogP contribution in [0.15, 0.2) is 0 Å². The molecule has 4 atom stereocenters. The SMILES string of the molecule is C[C@]12CC[C@@H]3C[C@@]1(C#N)[NH2+]C[C@@]32C. The Bertz CT molecular complexity index is 319. The largest absolute Gasteiger partial charge is 0.329 e. The van der Waals surface area contributed by atoms with E-state index in [9.17, 15) is 5.26 Å². The average molecular weight is 177 g/mol. The molecule has 0 aromatic heterocycles. The molecule has 2 heteroatoms. The summed E-state index contributed by atoms with van der Waals surface area (Å²) in [5.74, 6) is 0.835. The molecule has 0 aromatic rings. The molecule has 4 bridgehead atoms. The monoisotopic (exact) mass is 177 g/mol. The first kappa shape index (κ1) is 7.82. The van der Waals surface area contributed by atoms with Crippen molar-refractivity contribution in [1.29, 1.82) is 5.26 Å². The van der Waals surface area contributed by atoms with Gasteiger partial charge in [-0.1, -0.05) is 13.8 Å². The Labute approximate surface area is 79.3 Å². The Hall–Kier alpha value is -0.550. The van der Waals surface area contributed by atoms with E-state index in [2.05, 4.69) is 25.2 Å². The van der Waals surface area contributed by atoms with E-state index < -0.39 is 0 Å². The van der Waals surface area contributed by atoms with Gasteiger partial charge in [-0.2, -0.15) is 5.26 Å². The molecule has 0 unspecified atom stereocenters. The van der Waals surface area contributed by atoms with E-state index in [1.807, 2.05) is 0 Å². The highest BCUT2D eigenvalue weighted by Gasteiger charge is 2.78. The molecular formula is C11H17N2+. The molecule has 2 saturated carbocycles. The second-order valence-corrected chi connectivity index (χ2v) is 5.68. The van der Waals surface area contributed by atoms with Crippen LogP contribution < -0.4 is 5.32 Å². The van der Waals surface area contributed by atoms with E-state index >= 15 is 0 Å². The van der Waals surface area contributed by atoms with Crippen LogP contribution in [0.2, 0.25) is 0 Å². The number of hydrogen-bond acceptors (Lipinski definition) is 1. The van der Waals surface area contributed by atoms with Gasteiger partial charge in [-0.25, -0.2) is 0 Å². The summed E-state index contributed by atoms with van der Waals surface area (Å²) in [7, 11) is 0. The van der Waals surface area contributed by atoms with Crippen LogP contribution in [0.4, 0.5) is 0 Å². The Morgan fingerprint density at radius 3 is 2.69 bits per heavy atom. The maximum atomic E-state index is 9.36. The van der Waals surface area contributed by atoms with Gasteiger partial charge in [-0.3, -0.25) is 0 Å². The number of piperidine rings is 1. The van der Waals surface area contributed by atoms with Crippen molar-refractivity contribution in [3.05, 3.63) is 0 Å². The van der Waals surface area contributed by atoms with Crippen LogP contribution in [-0.2, 0) is 0 Å². The maximum absolute atomic E-state index is 9.36. The van der Waals surface area contributed by atoms with Gasteiger partial charge >= 0.3 is 0 Å². The van der Waals surface area contributed by atoms with E-state index in [0.717, 1.165) is 12.3 Å². The van der Waals surface area contributed by atoms with Crippen LogP contribution in [-0.4, -0.2) is 12.1 Å². The molecule has 0 amide bonds. The maximum Gasteiger partial charge on any atom is 0.189 e. The normalized spacial score (nSPS) is 62.7. The number of nitrogens with zero attached hydrogens (tertiary/aromatic N) is 1. The van der Waals surface area contributed by atoms with E-state index in [1.54, 1.807) is 0 Å². The summed E-state index contributed by atoms with van der Waals surface area (Å²) < 4.78 is 0. The summed E-state index contributed by atoms with van der Waals surface area (Å²) in [6, 6.07) is 2.61. The lowest BCUT2D eigenvalue weighted by Crippen LogP contribution is -2.96. The molecule has 1 saturated heterocycles. The molecule has 70 valence electrons. The Balaban J connectivity index is 2.21. The summed E-state index contributed by atoms with van der Waals surface area (Å²) >= 11 is 0. The van der Waals surface area contributed by atoms with Crippen molar-refractivity contribution in [1.82, 2.24) is 0 Å². The number of quaternary nitrogens is 1. The number of rotatable bonds is 0. The van der Waals surface area contributed by atoms with Crippen LogP contribution in [0.25, 0.3) is 0 Å². The molecule has 2 aliphatic carbocycles. The van der Waals surface area contributed by atoms with Crippen molar-refractivity contribution in [2.24, 2.45) is 16.7 Å². The van der Waals surface area contributed by atoms with Crippen LogP contribution in [0, 0.1) is 28.1 Å². The molecule has 3 rings (SSSR count). The minimum atomic E-state index is -0.0509. The molecule has 13 heavy (non-hydrogen) atoms. The number of nitrogens with two attached hydrogens (primary N) is 1. The van der Waals surface area contributed by atoms with Crippen LogP contribution >= 0.6 is 0 Å². The lowest BCUT2D eigenvalue weighted by Gasteiger charge is -2.33. The van der Waals surface area contributed by atoms with Gasteiger partial charge in [0.25, 0.3) is 0 Å². The van der Waals surface area contributed by atoms with Gasteiger partial charge in [0.1, 0.15) is 6.07 Å². The van der Waals surface area contributed by atoms with E-state index in [-0.39, 0.29) is 5.54 Å². The van der Waals surface area contributed by atoms with Crippen molar-refractivity contribution >= 4 is 0 Å². The van der Waals surface area contributed by atoms with Crippen LogP contribution in [0.5, 0.6) is 0 Å². The van der Waals surface area contributed by atoms with Crippen molar-refractivity contribution in [2.75, 3.05) is 6.54 Å². The lowest BCUT2D eigenvalue weighted by molar-refractivity contribution is -0.713. The van der Waals surface area contributed by atoms with Crippen molar-refractivity contribution in [3.63, 3.8) is 0 Å². The smallest absolute Gasteiger partial charge is 0.189 e. The Morgan fingerprint density at radius 2 is 2.23 bits per heavy atom. The standard InChI is InChI=1S/C11H16N2/c1-9-7-13-11(6-12)5-8(9)3-4-10(9,11)2/h8,13H,3-5,7H2,1-2H3/p+1/t8-,9+,10-,11+/m1/s1. The number of nitriles is 1. The van der Waals surface area contributed by atoms with Gasteiger partial charge < -0.3 is 5.32 Å². The summed E-state index contributed by atoms with van der Waals surface area (Å²) in [5.41, 5.74) is 0.715. The zero-order valence-electron chi connectivity index (χ0n) is 8.43. The number of hydrogen-bond donors (Lipinski definition) is 1. The summed E-state index contributed by atoms with van der Waals surface area (Å²) in [4.78, 5) is 0. The molecule has 3 fully saturated rings. The summed E-state index contributed by atoms with van der Waals surface area (Å²) in [6.45, 7) is 5.95. The fourth-order valence-corrected chi connectivity index (χ4v) is 4.49. The molecule has 2 nitrogen and oxygen atoms in total. The third-order valence-electron chi connectivity index (χ3n) is 5.78. The van der Waals surface area contributed by atoms with Crippen LogP contribution in [0.1, 0.15) is 33.1 Å². The average Bonchev–Trinajstić information content (AvgIpc) is 2.58. The Morgan fingerprint density at radius 1 is 1.46 bits per heavy atom. The van der Waals surface area contributed by atoms with E-state index in [4.69, 9.17) is 0 Å². The van der Waals surface area contributed by atoms with E-state index in [0.29, 0.717) is 10.8 Å². The molecule has 1 aliphatic heterocycles. The fraction of sp³-hybridized carbons (Fsp3) is 0.909. The first-order chi connectivity index (χ1) is 6.08. The van der Waals surface area contributed by atoms with Crippen molar-refractivity contribution in [2.45, 2.75) is 38.6 Å². The van der Waals surface area contributed by atoms with Gasteiger partial charge in [0.2, 0.25) is 0 Å². The van der Waals surface area contributed by atoms with Gasteiger partial charge in [0.05, 0.1) is 6.54 Å². The molecule has 0 radical (unpaired) electrons. The molecule has 3 aliphatic rings. The Kier molecular flexibility index (Phi) is 1.07. The van der Waals surface area contributed by atoms with Crippen LogP contribution in [0.3, 0.4) is 0 Å². The fourth-order valence-electron chi connectivity index (χ4n) is 4.49. The van der Waals surface area contributed by atoms with Gasteiger partial charge in [0.15, 0.2) is 5.54 Å². The lowest BCUT2D eigenvalue weighted by atomic mass is 9.66. The summed E-state index contributed by atoms with van der Waals surface area (Å²) in [6.07, 6.45) is 3.79. The first-order valence-corrected chi connectivity index (χ1v) is 5.34. The molecule has 2 N–H and O–H groups in total. The van der Waals surface area contributed by atoms with Crippen molar-refractivity contribution < 1.29 is 5.32 Å². The first-order valence-electron chi connectivity index (χ1n) is 5.34. The predicted octanol–water partition coefficient (Wildman–Crippen LogP) is 0.652. The minimum Gasteiger partial charge on any atom is -0.329 e.